The Balaban J connectivity index is 2.18. The molecule has 9 heteroatoms. The summed E-state index contributed by atoms with van der Waals surface area (Å²) >= 11 is 1.11. The lowest BCUT2D eigenvalue weighted by molar-refractivity contribution is 0.580. The lowest BCUT2D eigenvalue weighted by atomic mass is 10.1. The van der Waals surface area contributed by atoms with Gasteiger partial charge in [0.25, 0.3) is 0 Å². The first-order chi connectivity index (χ1) is 11.1. The van der Waals surface area contributed by atoms with Crippen molar-refractivity contribution >= 4 is 37.1 Å². The third-order valence-corrected chi connectivity index (χ3v) is 7.44. The van der Waals surface area contributed by atoms with Gasteiger partial charge in [0.2, 0.25) is 20.0 Å². The summed E-state index contributed by atoms with van der Waals surface area (Å²) in [7, 11) is -7.14. The van der Waals surface area contributed by atoms with Crippen molar-refractivity contribution in [2.75, 3.05) is 23.7 Å². The average molecular weight is 389 g/mol. The summed E-state index contributed by atoms with van der Waals surface area (Å²) in [6.45, 7) is 3.71. The first-order valence-electron chi connectivity index (χ1n) is 7.19. The van der Waals surface area contributed by atoms with Crippen molar-refractivity contribution in [3.05, 3.63) is 46.8 Å². The number of thiophene rings is 1. The molecule has 24 heavy (non-hydrogen) atoms. The minimum Gasteiger partial charge on any atom is -0.269 e. The van der Waals surface area contributed by atoms with Crippen LogP contribution in [0.3, 0.4) is 0 Å². The highest BCUT2D eigenvalue weighted by atomic mass is 32.2. The number of nitrogens with one attached hydrogen (secondary N) is 1. The number of hydrogen-bond donors (Lipinski definition) is 1. The Kier molecular flexibility index (Phi) is 5.69. The van der Waals surface area contributed by atoms with E-state index in [9.17, 15) is 16.8 Å². The maximum absolute atomic E-state index is 12.1. The molecule has 0 saturated heterocycles. The summed E-state index contributed by atoms with van der Waals surface area (Å²) in [5, 5.41) is 1.67. The highest BCUT2D eigenvalue weighted by molar-refractivity contribution is 7.92. The van der Waals surface area contributed by atoms with E-state index in [1.807, 2.05) is 26.0 Å². The second-order valence-corrected chi connectivity index (χ2v) is 10.3. The predicted octanol–water partition coefficient (Wildman–Crippen LogP) is 2.11. The SMILES string of the molecule is Cc1ccc(C)c(N(CCNS(=O)(=O)c2cccs2)S(C)(=O)=O)c1. The Morgan fingerprint density at radius 1 is 1.12 bits per heavy atom. The maximum Gasteiger partial charge on any atom is 0.250 e. The van der Waals surface area contributed by atoms with Gasteiger partial charge in [-0.15, -0.1) is 11.3 Å². The summed E-state index contributed by atoms with van der Waals surface area (Å²) in [6, 6.07) is 8.69. The zero-order chi connectivity index (χ0) is 18.0. The molecule has 0 spiro atoms. The van der Waals surface area contributed by atoms with Crippen molar-refractivity contribution in [3.63, 3.8) is 0 Å². The van der Waals surface area contributed by atoms with Crippen LogP contribution in [-0.4, -0.2) is 36.2 Å². The molecule has 0 unspecified atom stereocenters. The van der Waals surface area contributed by atoms with Gasteiger partial charge in [0.15, 0.2) is 0 Å². The standard InChI is InChI=1S/C15H20N2O4S3/c1-12-6-7-13(2)14(11-12)17(23(3,18)19)9-8-16-24(20,21)15-5-4-10-22-15/h4-7,10-11,16H,8-9H2,1-3H3. The molecule has 0 aliphatic heterocycles. The molecule has 0 bridgehead atoms. The number of nitrogens with zero attached hydrogens (tertiary/aromatic N) is 1. The number of benzene rings is 1. The largest absolute Gasteiger partial charge is 0.269 e. The van der Waals surface area contributed by atoms with Gasteiger partial charge >= 0.3 is 0 Å². The second kappa shape index (κ2) is 7.22. The molecule has 1 aromatic carbocycles. The van der Waals surface area contributed by atoms with Gasteiger partial charge in [0.05, 0.1) is 11.9 Å². The highest BCUT2D eigenvalue weighted by Gasteiger charge is 2.21. The Morgan fingerprint density at radius 3 is 2.42 bits per heavy atom. The quantitative estimate of drug-likeness (QED) is 0.787. The predicted molar refractivity (Wildman–Crippen MR) is 97.6 cm³/mol. The van der Waals surface area contributed by atoms with Crippen LogP contribution >= 0.6 is 11.3 Å². The van der Waals surface area contributed by atoms with Crippen LogP contribution in [0.1, 0.15) is 11.1 Å². The first-order valence-corrected chi connectivity index (χ1v) is 11.4. The molecule has 6 nitrogen and oxygen atoms in total. The monoisotopic (exact) mass is 388 g/mol. The fraction of sp³-hybridized carbons (Fsp3) is 0.333. The van der Waals surface area contributed by atoms with Gasteiger partial charge in [-0.25, -0.2) is 21.6 Å². The van der Waals surface area contributed by atoms with Crippen molar-refractivity contribution < 1.29 is 16.8 Å². The summed E-state index contributed by atoms with van der Waals surface area (Å²) in [6.07, 6.45) is 1.11. The van der Waals surface area contributed by atoms with E-state index in [4.69, 9.17) is 0 Å². The second-order valence-electron chi connectivity index (χ2n) is 5.45. The lowest BCUT2D eigenvalue weighted by Gasteiger charge is -2.24. The Labute approximate surface area is 147 Å². The van der Waals surface area contributed by atoms with Crippen LogP contribution in [0.25, 0.3) is 0 Å². The van der Waals surface area contributed by atoms with Crippen LogP contribution in [0.5, 0.6) is 0 Å². The molecule has 0 radical (unpaired) electrons. The van der Waals surface area contributed by atoms with Gasteiger partial charge in [-0.2, -0.15) is 0 Å². The minimum absolute atomic E-state index is 0.0132. The van der Waals surface area contributed by atoms with E-state index in [1.54, 1.807) is 17.5 Å². The number of rotatable bonds is 7. The van der Waals surface area contributed by atoms with Crippen molar-refractivity contribution in [2.45, 2.75) is 18.1 Å². The van der Waals surface area contributed by atoms with Crippen LogP contribution in [0.2, 0.25) is 0 Å². The van der Waals surface area contributed by atoms with E-state index in [0.29, 0.717) is 5.69 Å². The van der Waals surface area contributed by atoms with Gasteiger partial charge in [-0.3, -0.25) is 4.31 Å². The average Bonchev–Trinajstić information content (AvgIpc) is 3.00. The van der Waals surface area contributed by atoms with Crippen LogP contribution in [0.15, 0.2) is 39.9 Å². The fourth-order valence-corrected chi connectivity index (χ4v) is 5.26. The van der Waals surface area contributed by atoms with E-state index in [1.165, 1.54) is 10.4 Å². The summed E-state index contributed by atoms with van der Waals surface area (Å²) < 4.78 is 52.4. The van der Waals surface area contributed by atoms with E-state index in [-0.39, 0.29) is 17.3 Å². The summed E-state index contributed by atoms with van der Waals surface area (Å²) in [5.74, 6) is 0. The normalized spacial score (nSPS) is 12.3. The number of aryl methyl sites for hydroxylation is 2. The highest BCUT2D eigenvalue weighted by Crippen LogP contribution is 2.23. The van der Waals surface area contributed by atoms with Gasteiger partial charge in [0, 0.05) is 13.1 Å². The maximum atomic E-state index is 12.1. The molecule has 0 saturated carbocycles. The lowest BCUT2D eigenvalue weighted by Crippen LogP contribution is -2.38. The molecule has 1 N–H and O–H groups in total. The molecule has 2 aromatic rings. The van der Waals surface area contributed by atoms with Crippen molar-refractivity contribution in [3.8, 4) is 0 Å². The van der Waals surface area contributed by atoms with Gasteiger partial charge in [-0.05, 0) is 42.5 Å². The summed E-state index contributed by atoms with van der Waals surface area (Å²) in [5.41, 5.74) is 2.31. The van der Waals surface area contributed by atoms with E-state index >= 15 is 0 Å². The molecule has 2 rings (SSSR count). The minimum atomic E-state index is -3.61. The molecule has 0 aliphatic rings. The number of hydrogen-bond acceptors (Lipinski definition) is 5. The molecule has 1 aromatic heterocycles. The summed E-state index contributed by atoms with van der Waals surface area (Å²) in [4.78, 5) is 0. The molecule has 132 valence electrons. The van der Waals surface area contributed by atoms with Crippen LogP contribution in [-0.2, 0) is 20.0 Å². The molecule has 0 aliphatic carbocycles. The third kappa shape index (κ3) is 4.56. The number of sulfonamides is 2. The Bertz CT molecular complexity index is 904. The van der Waals surface area contributed by atoms with Gasteiger partial charge in [0.1, 0.15) is 4.21 Å². The molecular weight excluding hydrogens is 368 g/mol. The van der Waals surface area contributed by atoms with E-state index in [0.717, 1.165) is 28.7 Å². The van der Waals surface area contributed by atoms with E-state index < -0.39 is 20.0 Å². The zero-order valence-corrected chi connectivity index (χ0v) is 16.1. The number of anilines is 1. The topological polar surface area (TPSA) is 83.6 Å². The van der Waals surface area contributed by atoms with Crippen molar-refractivity contribution in [1.82, 2.24) is 4.72 Å². The Morgan fingerprint density at radius 2 is 1.83 bits per heavy atom. The zero-order valence-electron chi connectivity index (χ0n) is 13.7. The van der Waals surface area contributed by atoms with Crippen LogP contribution in [0.4, 0.5) is 5.69 Å². The van der Waals surface area contributed by atoms with E-state index in [2.05, 4.69) is 4.72 Å². The molecule has 0 fully saturated rings. The Hall–Kier alpha value is -1.42. The smallest absolute Gasteiger partial charge is 0.250 e. The van der Waals surface area contributed by atoms with Crippen molar-refractivity contribution in [1.29, 1.82) is 0 Å². The molecule has 1 heterocycles. The van der Waals surface area contributed by atoms with Gasteiger partial charge in [-0.1, -0.05) is 18.2 Å². The van der Waals surface area contributed by atoms with Crippen LogP contribution in [0, 0.1) is 13.8 Å². The van der Waals surface area contributed by atoms with Crippen molar-refractivity contribution in [2.24, 2.45) is 0 Å². The molecule has 0 amide bonds. The third-order valence-electron chi connectivity index (χ3n) is 3.40. The first kappa shape index (κ1) is 18.9. The van der Waals surface area contributed by atoms with Crippen LogP contribution < -0.4 is 9.03 Å². The molecular formula is C15H20N2O4S3. The fourth-order valence-electron chi connectivity index (χ4n) is 2.22. The molecule has 0 atom stereocenters. The van der Waals surface area contributed by atoms with Gasteiger partial charge < -0.3 is 0 Å².